The lowest BCUT2D eigenvalue weighted by Crippen LogP contribution is -2.19. The Labute approximate surface area is 162 Å². The van der Waals surface area contributed by atoms with Crippen LogP contribution in [-0.4, -0.2) is 30.4 Å². The standard InChI is InChI=1S/C18H14F2N8O/c19-9-1-2-12-13(4-9)28(11-3-10(20)5-23-6-11)14(27-12)7-24-18-15(17(22)29)16(21)25-8-26-18/h1-6,8H,7H2,(H2,22,29)(H3,21,24,25,26). The van der Waals surface area contributed by atoms with Gasteiger partial charge in [0.25, 0.3) is 5.91 Å². The number of pyridine rings is 1. The van der Waals surface area contributed by atoms with E-state index in [4.69, 9.17) is 11.5 Å². The molecule has 0 saturated carbocycles. The third-order valence-electron chi connectivity index (χ3n) is 4.17. The van der Waals surface area contributed by atoms with E-state index < -0.39 is 17.5 Å². The number of nitrogens with one attached hydrogen (secondary N) is 1. The minimum absolute atomic E-state index is 0.0452. The summed E-state index contributed by atoms with van der Waals surface area (Å²) in [5.74, 6) is -1.38. The van der Waals surface area contributed by atoms with E-state index in [2.05, 4.69) is 25.3 Å². The number of halogens is 2. The number of carbonyl (C=O) groups is 1. The van der Waals surface area contributed by atoms with E-state index in [-0.39, 0.29) is 23.7 Å². The van der Waals surface area contributed by atoms with Gasteiger partial charge in [0.2, 0.25) is 0 Å². The number of imidazole rings is 1. The maximum atomic E-state index is 13.8. The fraction of sp³-hybridized carbons (Fsp3) is 0.0556. The molecule has 3 aromatic heterocycles. The maximum absolute atomic E-state index is 13.8. The fourth-order valence-electron chi connectivity index (χ4n) is 2.97. The number of nitrogens with two attached hydrogens (primary N) is 2. The second kappa shape index (κ2) is 7.11. The van der Waals surface area contributed by atoms with Crippen molar-refractivity contribution in [1.29, 1.82) is 0 Å². The smallest absolute Gasteiger partial charge is 0.256 e. The number of rotatable bonds is 5. The van der Waals surface area contributed by atoms with Crippen molar-refractivity contribution in [3.05, 3.63) is 66.0 Å². The zero-order valence-corrected chi connectivity index (χ0v) is 14.8. The van der Waals surface area contributed by atoms with Crippen LogP contribution in [0.4, 0.5) is 20.4 Å². The van der Waals surface area contributed by atoms with Crippen LogP contribution in [0.1, 0.15) is 16.2 Å². The normalized spacial score (nSPS) is 11.0. The summed E-state index contributed by atoms with van der Waals surface area (Å²) in [7, 11) is 0. The third-order valence-corrected chi connectivity index (χ3v) is 4.17. The molecular formula is C18H14F2N8O. The monoisotopic (exact) mass is 396 g/mol. The number of benzene rings is 1. The highest BCUT2D eigenvalue weighted by Gasteiger charge is 2.18. The number of aromatic nitrogens is 5. The molecule has 146 valence electrons. The van der Waals surface area contributed by atoms with Gasteiger partial charge in [0, 0.05) is 12.1 Å². The first-order valence-electron chi connectivity index (χ1n) is 8.36. The number of carbonyl (C=O) groups excluding carboxylic acids is 1. The predicted octanol–water partition coefficient (Wildman–Crippen LogP) is 1.78. The molecule has 0 aliphatic carbocycles. The Morgan fingerprint density at radius 3 is 2.72 bits per heavy atom. The van der Waals surface area contributed by atoms with Gasteiger partial charge < -0.3 is 16.8 Å². The van der Waals surface area contributed by atoms with E-state index in [9.17, 15) is 13.6 Å². The first-order chi connectivity index (χ1) is 13.9. The highest BCUT2D eigenvalue weighted by molar-refractivity contribution is 6.01. The molecule has 0 aliphatic rings. The Morgan fingerprint density at radius 1 is 1.14 bits per heavy atom. The Balaban J connectivity index is 1.80. The van der Waals surface area contributed by atoms with Gasteiger partial charge in [-0.1, -0.05) is 0 Å². The van der Waals surface area contributed by atoms with E-state index in [1.54, 1.807) is 4.57 Å². The summed E-state index contributed by atoms with van der Waals surface area (Å²) < 4.78 is 29.1. The zero-order valence-electron chi connectivity index (χ0n) is 14.8. The molecule has 1 aromatic carbocycles. The van der Waals surface area contributed by atoms with E-state index in [0.29, 0.717) is 22.5 Å². The van der Waals surface area contributed by atoms with Crippen LogP contribution in [0, 0.1) is 11.6 Å². The van der Waals surface area contributed by atoms with Crippen molar-refractivity contribution in [3.8, 4) is 5.69 Å². The highest BCUT2D eigenvalue weighted by Crippen LogP contribution is 2.24. The number of primary amides is 1. The largest absolute Gasteiger partial charge is 0.383 e. The van der Waals surface area contributed by atoms with E-state index >= 15 is 0 Å². The van der Waals surface area contributed by atoms with Gasteiger partial charge in [-0.3, -0.25) is 14.3 Å². The first kappa shape index (κ1) is 18.2. The molecule has 0 radical (unpaired) electrons. The van der Waals surface area contributed by atoms with Crippen molar-refractivity contribution in [1.82, 2.24) is 24.5 Å². The van der Waals surface area contributed by atoms with E-state index in [0.717, 1.165) is 6.20 Å². The second-order valence-corrected chi connectivity index (χ2v) is 6.06. The Hall–Kier alpha value is -4.15. The molecule has 9 nitrogen and oxygen atoms in total. The Bertz CT molecular complexity index is 1240. The summed E-state index contributed by atoms with van der Waals surface area (Å²) in [6.07, 6.45) is 3.67. The molecule has 29 heavy (non-hydrogen) atoms. The van der Waals surface area contributed by atoms with Gasteiger partial charge >= 0.3 is 0 Å². The van der Waals surface area contributed by atoms with Crippen molar-refractivity contribution in [3.63, 3.8) is 0 Å². The predicted molar refractivity (Wildman–Crippen MR) is 101 cm³/mol. The summed E-state index contributed by atoms with van der Waals surface area (Å²) in [5, 5.41) is 2.93. The summed E-state index contributed by atoms with van der Waals surface area (Å²) in [6.45, 7) is 0.0452. The van der Waals surface area contributed by atoms with Crippen molar-refractivity contribution in [2.24, 2.45) is 5.73 Å². The molecule has 0 fully saturated rings. The van der Waals surface area contributed by atoms with Crippen molar-refractivity contribution < 1.29 is 13.6 Å². The Morgan fingerprint density at radius 2 is 1.97 bits per heavy atom. The quantitative estimate of drug-likeness (QED) is 0.467. The van der Waals surface area contributed by atoms with Crippen LogP contribution in [0.5, 0.6) is 0 Å². The average molecular weight is 396 g/mol. The fourth-order valence-corrected chi connectivity index (χ4v) is 2.97. The van der Waals surface area contributed by atoms with E-state index in [1.807, 2.05) is 0 Å². The average Bonchev–Trinajstić information content (AvgIpc) is 3.03. The van der Waals surface area contributed by atoms with Crippen molar-refractivity contribution in [2.45, 2.75) is 6.54 Å². The van der Waals surface area contributed by atoms with Crippen LogP contribution in [0.25, 0.3) is 16.7 Å². The molecule has 1 amide bonds. The number of nitrogens with zero attached hydrogens (tertiary/aromatic N) is 5. The summed E-state index contributed by atoms with van der Waals surface area (Å²) >= 11 is 0. The minimum atomic E-state index is -0.796. The van der Waals surface area contributed by atoms with Gasteiger partial charge in [-0.15, -0.1) is 0 Å². The number of amides is 1. The molecule has 4 rings (SSSR count). The molecule has 0 spiro atoms. The zero-order chi connectivity index (χ0) is 20.5. The molecule has 11 heteroatoms. The van der Waals surface area contributed by atoms with Gasteiger partial charge in [-0.25, -0.2) is 23.7 Å². The number of hydrogen-bond donors (Lipinski definition) is 3. The van der Waals surface area contributed by atoms with Gasteiger partial charge in [0.05, 0.1) is 35.7 Å². The minimum Gasteiger partial charge on any atom is -0.383 e. The number of anilines is 2. The van der Waals surface area contributed by atoms with Crippen LogP contribution >= 0.6 is 0 Å². The van der Waals surface area contributed by atoms with Gasteiger partial charge in [-0.05, 0) is 12.1 Å². The maximum Gasteiger partial charge on any atom is 0.256 e. The van der Waals surface area contributed by atoms with Crippen molar-refractivity contribution >= 4 is 28.6 Å². The van der Waals surface area contributed by atoms with Crippen LogP contribution in [0.2, 0.25) is 0 Å². The summed E-state index contributed by atoms with van der Waals surface area (Å²) in [5.41, 5.74) is 12.3. The highest BCUT2D eigenvalue weighted by atomic mass is 19.1. The second-order valence-electron chi connectivity index (χ2n) is 6.06. The summed E-state index contributed by atoms with van der Waals surface area (Å²) in [6, 6.07) is 5.32. The van der Waals surface area contributed by atoms with E-state index in [1.165, 1.54) is 36.8 Å². The Kier molecular flexibility index (Phi) is 4.47. The van der Waals surface area contributed by atoms with Crippen LogP contribution in [-0.2, 0) is 6.54 Å². The topological polar surface area (TPSA) is 138 Å². The molecule has 0 bridgehead atoms. The van der Waals surface area contributed by atoms with Crippen LogP contribution < -0.4 is 16.8 Å². The molecule has 4 aromatic rings. The number of fused-ring (bicyclic) bond motifs is 1. The molecular weight excluding hydrogens is 382 g/mol. The number of hydrogen-bond acceptors (Lipinski definition) is 7. The SMILES string of the molecule is NC(=O)c1c(N)ncnc1NCc1nc2ccc(F)cc2n1-c1cncc(F)c1. The first-order valence-corrected chi connectivity index (χ1v) is 8.36. The van der Waals surface area contributed by atoms with Gasteiger partial charge in [0.1, 0.15) is 41.0 Å². The lowest BCUT2D eigenvalue weighted by atomic mass is 10.2. The molecule has 0 aliphatic heterocycles. The van der Waals surface area contributed by atoms with Gasteiger partial charge in [-0.2, -0.15) is 0 Å². The van der Waals surface area contributed by atoms with Crippen LogP contribution in [0.3, 0.4) is 0 Å². The molecule has 3 heterocycles. The van der Waals surface area contributed by atoms with Crippen LogP contribution in [0.15, 0.2) is 43.0 Å². The van der Waals surface area contributed by atoms with Gasteiger partial charge in [0.15, 0.2) is 0 Å². The molecule has 0 unspecified atom stereocenters. The lowest BCUT2D eigenvalue weighted by Gasteiger charge is -2.12. The molecule has 0 atom stereocenters. The molecule has 0 saturated heterocycles. The third kappa shape index (κ3) is 3.40. The number of nitrogen functional groups attached to an aromatic ring is 1. The lowest BCUT2D eigenvalue weighted by molar-refractivity contribution is 0.100. The van der Waals surface area contributed by atoms with Crippen molar-refractivity contribution in [2.75, 3.05) is 11.1 Å². The molecule has 5 N–H and O–H groups in total. The summed E-state index contributed by atoms with van der Waals surface area (Å²) in [4.78, 5) is 27.7.